The molecule has 2 aromatic heterocycles. The van der Waals surface area contributed by atoms with Crippen molar-refractivity contribution in [1.29, 1.82) is 0 Å². The van der Waals surface area contributed by atoms with Crippen molar-refractivity contribution >= 4 is 50.6 Å². The lowest BCUT2D eigenvalue weighted by Gasteiger charge is -2.20. The number of benzene rings is 2. The fourth-order valence-electron chi connectivity index (χ4n) is 3.80. The summed E-state index contributed by atoms with van der Waals surface area (Å²) in [4.78, 5) is 24.8. The van der Waals surface area contributed by atoms with Gasteiger partial charge in [0.15, 0.2) is 0 Å². The molecule has 6 nitrogen and oxygen atoms in total. The summed E-state index contributed by atoms with van der Waals surface area (Å²) >= 11 is 1.64. The third kappa shape index (κ3) is 5.12. The molecule has 35 heavy (non-hydrogen) atoms. The van der Waals surface area contributed by atoms with Crippen LogP contribution in [0.4, 0.5) is 32.1 Å². The minimum atomic E-state index is -0.514. The second kappa shape index (κ2) is 8.92. The average molecular weight is 490 g/mol. The highest BCUT2D eigenvalue weighted by molar-refractivity contribution is 7.18. The van der Waals surface area contributed by atoms with Crippen LogP contribution in [0.2, 0.25) is 0 Å². The number of thiazole rings is 1. The standard InChI is InChI=1S/C27H28FN5OS/c1-27(2,3)17-7-9-18(10-8-17)29-26(34)31-22-15-19(11-12-20(22)28)33(4)23-14-13-21-25(32-23)35-24(30-21)16-5-6-16/h7-16H,5-6H2,1-4H3,(H2,29,31,34). The van der Waals surface area contributed by atoms with Gasteiger partial charge >= 0.3 is 6.03 Å². The fraction of sp³-hybridized carbons (Fsp3) is 0.296. The van der Waals surface area contributed by atoms with Gasteiger partial charge in [-0.15, -0.1) is 0 Å². The monoisotopic (exact) mass is 489 g/mol. The topological polar surface area (TPSA) is 70.2 Å². The van der Waals surface area contributed by atoms with Gasteiger partial charge in [0, 0.05) is 24.3 Å². The van der Waals surface area contributed by atoms with Gasteiger partial charge in [-0.1, -0.05) is 44.2 Å². The number of aromatic nitrogens is 2. The summed E-state index contributed by atoms with van der Waals surface area (Å²) in [6, 6.07) is 15.6. The van der Waals surface area contributed by atoms with Gasteiger partial charge in [0.25, 0.3) is 0 Å². The molecule has 0 aliphatic heterocycles. The van der Waals surface area contributed by atoms with Crippen molar-refractivity contribution in [2.45, 2.75) is 44.9 Å². The van der Waals surface area contributed by atoms with Gasteiger partial charge in [-0.3, -0.25) is 0 Å². The highest BCUT2D eigenvalue weighted by Crippen LogP contribution is 2.43. The van der Waals surface area contributed by atoms with E-state index >= 15 is 0 Å². The Balaban J connectivity index is 1.30. The first-order valence-corrected chi connectivity index (χ1v) is 12.5. The number of rotatable bonds is 5. The molecule has 0 bridgehead atoms. The fourth-order valence-corrected chi connectivity index (χ4v) is 4.91. The Morgan fingerprint density at radius 3 is 2.46 bits per heavy atom. The van der Waals surface area contributed by atoms with E-state index in [2.05, 4.69) is 31.4 Å². The van der Waals surface area contributed by atoms with Crippen LogP contribution in [-0.4, -0.2) is 23.0 Å². The number of halogens is 1. The van der Waals surface area contributed by atoms with E-state index in [0.29, 0.717) is 17.3 Å². The molecule has 1 fully saturated rings. The number of pyridine rings is 1. The van der Waals surface area contributed by atoms with Gasteiger partial charge in [-0.2, -0.15) is 0 Å². The molecule has 8 heteroatoms. The third-order valence-electron chi connectivity index (χ3n) is 6.12. The van der Waals surface area contributed by atoms with Crippen LogP contribution >= 0.6 is 11.3 Å². The normalized spacial score (nSPS) is 13.6. The Morgan fingerprint density at radius 1 is 1.03 bits per heavy atom. The average Bonchev–Trinajstić information content (AvgIpc) is 3.58. The van der Waals surface area contributed by atoms with Crippen LogP contribution in [0.15, 0.2) is 54.6 Å². The van der Waals surface area contributed by atoms with Crippen molar-refractivity contribution in [2.75, 3.05) is 22.6 Å². The number of hydrogen-bond donors (Lipinski definition) is 2. The van der Waals surface area contributed by atoms with Gasteiger partial charge in [-0.25, -0.2) is 19.2 Å². The SMILES string of the molecule is CN(c1ccc(F)c(NC(=O)Nc2ccc(C(C)(C)C)cc2)c1)c1ccc2nc(C3CC3)sc2n1. The predicted octanol–water partition coefficient (Wildman–Crippen LogP) is 7.42. The van der Waals surface area contributed by atoms with Crippen molar-refractivity contribution in [3.8, 4) is 0 Å². The molecular weight excluding hydrogens is 461 g/mol. The summed E-state index contributed by atoms with van der Waals surface area (Å²) in [6.07, 6.45) is 2.40. The molecule has 2 aromatic carbocycles. The van der Waals surface area contributed by atoms with E-state index in [4.69, 9.17) is 9.97 Å². The molecule has 1 saturated carbocycles. The number of urea groups is 1. The maximum Gasteiger partial charge on any atom is 0.323 e. The maximum absolute atomic E-state index is 14.5. The molecule has 0 saturated heterocycles. The minimum absolute atomic E-state index is 0.0231. The quantitative estimate of drug-likeness (QED) is 0.306. The van der Waals surface area contributed by atoms with Crippen LogP contribution in [0.5, 0.6) is 0 Å². The molecule has 2 heterocycles. The number of nitrogens with zero attached hydrogens (tertiary/aromatic N) is 3. The predicted molar refractivity (Wildman–Crippen MR) is 142 cm³/mol. The number of hydrogen-bond acceptors (Lipinski definition) is 5. The molecule has 0 radical (unpaired) electrons. The molecule has 2 amide bonds. The second-order valence-corrected chi connectivity index (χ2v) is 11.0. The Labute approximate surface area is 208 Å². The highest BCUT2D eigenvalue weighted by Gasteiger charge is 2.27. The van der Waals surface area contributed by atoms with E-state index < -0.39 is 11.8 Å². The largest absolute Gasteiger partial charge is 0.329 e. The third-order valence-corrected chi connectivity index (χ3v) is 7.25. The Hall–Kier alpha value is -3.52. The van der Waals surface area contributed by atoms with E-state index in [1.54, 1.807) is 23.5 Å². The minimum Gasteiger partial charge on any atom is -0.329 e. The summed E-state index contributed by atoms with van der Waals surface area (Å²) in [7, 11) is 1.87. The molecule has 5 rings (SSSR count). The molecule has 180 valence electrons. The van der Waals surface area contributed by atoms with Crippen LogP contribution in [0, 0.1) is 5.82 Å². The van der Waals surface area contributed by atoms with Gasteiger partial charge in [0.05, 0.1) is 10.7 Å². The first-order valence-electron chi connectivity index (χ1n) is 11.7. The molecule has 1 aliphatic rings. The van der Waals surface area contributed by atoms with Gasteiger partial charge in [0.2, 0.25) is 0 Å². The lowest BCUT2D eigenvalue weighted by molar-refractivity contribution is 0.262. The van der Waals surface area contributed by atoms with E-state index in [1.165, 1.54) is 24.5 Å². The van der Waals surface area contributed by atoms with Gasteiger partial charge in [0.1, 0.15) is 22.0 Å². The summed E-state index contributed by atoms with van der Waals surface area (Å²) < 4.78 is 14.5. The lowest BCUT2D eigenvalue weighted by atomic mass is 9.87. The van der Waals surface area contributed by atoms with Crippen molar-refractivity contribution < 1.29 is 9.18 Å². The van der Waals surface area contributed by atoms with Crippen molar-refractivity contribution in [3.63, 3.8) is 0 Å². The summed E-state index contributed by atoms with van der Waals surface area (Å²) in [5.74, 6) is 0.799. The molecule has 0 atom stereocenters. The Bertz CT molecular complexity index is 1390. The van der Waals surface area contributed by atoms with E-state index in [0.717, 1.165) is 21.2 Å². The van der Waals surface area contributed by atoms with Crippen molar-refractivity contribution in [2.24, 2.45) is 0 Å². The zero-order valence-corrected chi connectivity index (χ0v) is 21.0. The zero-order valence-electron chi connectivity index (χ0n) is 20.2. The van der Waals surface area contributed by atoms with E-state index in [9.17, 15) is 9.18 Å². The Morgan fingerprint density at radius 2 is 1.77 bits per heavy atom. The molecule has 0 unspecified atom stereocenters. The van der Waals surface area contributed by atoms with Gasteiger partial charge in [-0.05, 0) is 66.3 Å². The van der Waals surface area contributed by atoms with Crippen LogP contribution in [0.3, 0.4) is 0 Å². The number of anilines is 4. The zero-order chi connectivity index (χ0) is 24.7. The summed E-state index contributed by atoms with van der Waals surface area (Å²) in [6.45, 7) is 6.39. The number of carbonyl (C=O) groups is 1. The maximum atomic E-state index is 14.5. The lowest BCUT2D eigenvalue weighted by Crippen LogP contribution is -2.21. The van der Waals surface area contributed by atoms with E-state index in [-0.39, 0.29) is 11.1 Å². The van der Waals surface area contributed by atoms with E-state index in [1.807, 2.05) is 48.3 Å². The van der Waals surface area contributed by atoms with Crippen LogP contribution in [-0.2, 0) is 5.41 Å². The molecule has 1 aliphatic carbocycles. The number of amides is 2. The number of nitrogens with one attached hydrogen (secondary N) is 2. The van der Waals surface area contributed by atoms with Crippen LogP contribution < -0.4 is 15.5 Å². The number of fused-ring (bicyclic) bond motifs is 1. The van der Waals surface area contributed by atoms with Crippen molar-refractivity contribution in [1.82, 2.24) is 9.97 Å². The smallest absolute Gasteiger partial charge is 0.323 e. The molecule has 0 spiro atoms. The second-order valence-electron chi connectivity index (χ2n) is 9.95. The van der Waals surface area contributed by atoms with Crippen LogP contribution in [0.1, 0.15) is 50.1 Å². The van der Waals surface area contributed by atoms with Gasteiger partial charge < -0.3 is 15.5 Å². The highest BCUT2D eigenvalue weighted by atomic mass is 32.1. The molecule has 4 aromatic rings. The van der Waals surface area contributed by atoms with Crippen molar-refractivity contribution in [3.05, 3.63) is 71.0 Å². The first-order chi connectivity index (χ1) is 16.7. The molecule has 2 N–H and O–H groups in total. The summed E-state index contributed by atoms with van der Waals surface area (Å²) in [5, 5.41) is 6.54. The first kappa shape index (κ1) is 23.2. The summed E-state index contributed by atoms with van der Waals surface area (Å²) in [5.41, 5.74) is 3.52. The Kier molecular flexibility index (Phi) is 5.92. The molecular formula is C27H28FN5OS. The number of carbonyl (C=O) groups excluding carboxylic acids is 1. The van der Waals surface area contributed by atoms with Crippen LogP contribution in [0.25, 0.3) is 10.3 Å².